The minimum Gasteiger partial charge on any atom is -0.497 e. The van der Waals surface area contributed by atoms with Gasteiger partial charge in [0.25, 0.3) is 0 Å². The van der Waals surface area contributed by atoms with E-state index in [1.807, 2.05) is 24.3 Å². The molecule has 0 amide bonds. The standard InChI is InChI=1S/C19H23FN2OS/c1-13(2)12-18(14-8-10-15(23-3)11-9-14)22-19(24)21-17-7-5-4-6-16(17)20/h4-11,13,18H,12H2,1-3H3,(H2,21,22,24)/t18-/m0/s1. The Morgan fingerprint density at radius 3 is 2.38 bits per heavy atom. The third-order valence-electron chi connectivity index (χ3n) is 3.65. The maximum absolute atomic E-state index is 13.7. The molecular formula is C19H23FN2OS. The first-order valence-electron chi connectivity index (χ1n) is 7.95. The molecule has 0 aliphatic carbocycles. The van der Waals surface area contributed by atoms with Crippen LogP contribution in [-0.2, 0) is 0 Å². The molecule has 1 atom stereocenters. The normalized spacial score (nSPS) is 11.9. The number of ether oxygens (including phenoxy) is 1. The molecule has 0 saturated heterocycles. The number of benzene rings is 2. The van der Waals surface area contributed by atoms with Crippen LogP contribution in [-0.4, -0.2) is 12.2 Å². The summed E-state index contributed by atoms with van der Waals surface area (Å²) in [4.78, 5) is 0. The smallest absolute Gasteiger partial charge is 0.171 e. The summed E-state index contributed by atoms with van der Waals surface area (Å²) in [6, 6.07) is 14.4. The molecule has 0 unspecified atom stereocenters. The number of hydrogen-bond donors (Lipinski definition) is 2. The number of methoxy groups -OCH3 is 1. The monoisotopic (exact) mass is 346 g/mol. The quantitative estimate of drug-likeness (QED) is 0.728. The van der Waals surface area contributed by atoms with Crippen molar-refractivity contribution in [1.82, 2.24) is 5.32 Å². The van der Waals surface area contributed by atoms with Gasteiger partial charge in [-0.05, 0) is 54.4 Å². The first-order valence-corrected chi connectivity index (χ1v) is 8.36. The summed E-state index contributed by atoms with van der Waals surface area (Å²) in [6.07, 6.45) is 0.908. The molecule has 2 aromatic rings. The number of thiocarbonyl (C=S) groups is 1. The van der Waals surface area contributed by atoms with Crippen LogP contribution >= 0.6 is 12.2 Å². The predicted molar refractivity (Wildman–Crippen MR) is 101 cm³/mol. The number of hydrogen-bond acceptors (Lipinski definition) is 2. The molecule has 0 spiro atoms. The summed E-state index contributed by atoms with van der Waals surface area (Å²) in [7, 11) is 1.65. The van der Waals surface area contributed by atoms with Gasteiger partial charge in [0.2, 0.25) is 0 Å². The second-order valence-corrected chi connectivity index (χ2v) is 6.44. The van der Waals surface area contributed by atoms with Crippen LogP contribution in [0.2, 0.25) is 0 Å². The van der Waals surface area contributed by atoms with E-state index >= 15 is 0 Å². The lowest BCUT2D eigenvalue weighted by Crippen LogP contribution is -2.33. The van der Waals surface area contributed by atoms with Crippen LogP contribution in [0.15, 0.2) is 48.5 Å². The van der Waals surface area contributed by atoms with Crippen LogP contribution in [0, 0.1) is 11.7 Å². The summed E-state index contributed by atoms with van der Waals surface area (Å²) in [5, 5.41) is 6.62. The highest BCUT2D eigenvalue weighted by Crippen LogP contribution is 2.24. The fourth-order valence-electron chi connectivity index (χ4n) is 2.47. The van der Waals surface area contributed by atoms with Crippen LogP contribution in [0.25, 0.3) is 0 Å². The van der Waals surface area contributed by atoms with Crippen LogP contribution in [0.4, 0.5) is 10.1 Å². The van der Waals surface area contributed by atoms with Crippen molar-refractivity contribution in [3.63, 3.8) is 0 Å². The topological polar surface area (TPSA) is 33.3 Å². The third-order valence-corrected chi connectivity index (χ3v) is 3.87. The fraction of sp³-hybridized carbons (Fsp3) is 0.316. The van der Waals surface area contributed by atoms with Crippen molar-refractivity contribution in [2.45, 2.75) is 26.3 Å². The Morgan fingerprint density at radius 1 is 1.12 bits per heavy atom. The lowest BCUT2D eigenvalue weighted by molar-refractivity contribution is 0.414. The molecule has 0 heterocycles. The fourth-order valence-corrected chi connectivity index (χ4v) is 2.72. The van der Waals surface area contributed by atoms with E-state index in [-0.39, 0.29) is 11.9 Å². The summed E-state index contributed by atoms with van der Waals surface area (Å²) < 4.78 is 18.9. The Morgan fingerprint density at radius 2 is 1.79 bits per heavy atom. The van der Waals surface area contributed by atoms with Gasteiger partial charge in [0.1, 0.15) is 11.6 Å². The summed E-state index contributed by atoms with van der Waals surface area (Å²) in [5.74, 6) is 0.974. The van der Waals surface area contributed by atoms with Gasteiger partial charge in [-0.2, -0.15) is 0 Å². The van der Waals surface area contributed by atoms with Gasteiger partial charge in [-0.15, -0.1) is 0 Å². The Bertz CT molecular complexity index is 673. The highest BCUT2D eigenvalue weighted by Gasteiger charge is 2.15. The maximum Gasteiger partial charge on any atom is 0.171 e. The molecule has 0 aromatic heterocycles. The molecule has 0 aliphatic heterocycles. The number of para-hydroxylation sites is 1. The summed E-state index contributed by atoms with van der Waals surface area (Å²) in [6.45, 7) is 4.32. The van der Waals surface area contributed by atoms with E-state index in [4.69, 9.17) is 17.0 Å². The molecule has 3 nitrogen and oxygen atoms in total. The highest BCUT2D eigenvalue weighted by molar-refractivity contribution is 7.80. The Kier molecular flexibility index (Phi) is 6.55. The van der Waals surface area contributed by atoms with Crippen LogP contribution in [0.3, 0.4) is 0 Å². The summed E-state index contributed by atoms with van der Waals surface area (Å²) >= 11 is 5.36. The predicted octanol–water partition coefficient (Wildman–Crippen LogP) is 4.91. The van der Waals surface area contributed by atoms with Crippen LogP contribution in [0.1, 0.15) is 31.9 Å². The zero-order chi connectivity index (χ0) is 17.5. The maximum atomic E-state index is 13.7. The van der Waals surface area contributed by atoms with E-state index in [0.29, 0.717) is 16.7 Å². The van der Waals surface area contributed by atoms with Gasteiger partial charge in [0.05, 0.1) is 18.8 Å². The van der Waals surface area contributed by atoms with Crippen molar-refractivity contribution in [3.8, 4) is 5.75 Å². The molecule has 0 aliphatic rings. The molecule has 2 N–H and O–H groups in total. The van der Waals surface area contributed by atoms with E-state index in [9.17, 15) is 4.39 Å². The molecule has 0 radical (unpaired) electrons. The number of halogens is 1. The van der Waals surface area contributed by atoms with E-state index in [2.05, 4.69) is 24.5 Å². The lowest BCUT2D eigenvalue weighted by atomic mass is 9.97. The second-order valence-electron chi connectivity index (χ2n) is 6.03. The Balaban J connectivity index is 2.10. The molecule has 0 saturated carbocycles. The van der Waals surface area contributed by atoms with Crippen molar-refractivity contribution in [2.75, 3.05) is 12.4 Å². The molecule has 0 fully saturated rings. The number of nitrogens with one attached hydrogen (secondary N) is 2. The minimum absolute atomic E-state index is 0.0441. The van der Waals surface area contributed by atoms with E-state index in [0.717, 1.165) is 17.7 Å². The molecule has 24 heavy (non-hydrogen) atoms. The largest absolute Gasteiger partial charge is 0.497 e. The number of rotatable bonds is 6. The molecule has 5 heteroatoms. The van der Waals surface area contributed by atoms with E-state index in [1.165, 1.54) is 6.07 Å². The molecular weight excluding hydrogens is 323 g/mol. The van der Waals surface area contributed by atoms with Crippen molar-refractivity contribution in [1.29, 1.82) is 0 Å². The number of anilines is 1. The molecule has 2 aromatic carbocycles. The van der Waals surface area contributed by atoms with Crippen molar-refractivity contribution in [2.24, 2.45) is 5.92 Å². The van der Waals surface area contributed by atoms with Crippen LogP contribution < -0.4 is 15.4 Å². The zero-order valence-corrected chi connectivity index (χ0v) is 15.0. The molecule has 0 bridgehead atoms. The van der Waals surface area contributed by atoms with Gasteiger partial charge >= 0.3 is 0 Å². The van der Waals surface area contributed by atoms with Crippen molar-refractivity contribution in [3.05, 3.63) is 59.9 Å². The van der Waals surface area contributed by atoms with Gasteiger partial charge in [0, 0.05) is 0 Å². The van der Waals surface area contributed by atoms with Gasteiger partial charge in [-0.1, -0.05) is 38.1 Å². The first-order chi connectivity index (χ1) is 11.5. The van der Waals surface area contributed by atoms with Gasteiger partial charge in [-0.25, -0.2) is 4.39 Å². The molecule has 2 rings (SSSR count). The minimum atomic E-state index is -0.327. The highest BCUT2D eigenvalue weighted by atomic mass is 32.1. The van der Waals surface area contributed by atoms with E-state index in [1.54, 1.807) is 25.3 Å². The van der Waals surface area contributed by atoms with Gasteiger partial charge in [0.15, 0.2) is 5.11 Å². The zero-order valence-electron chi connectivity index (χ0n) is 14.2. The average Bonchev–Trinajstić information content (AvgIpc) is 2.56. The van der Waals surface area contributed by atoms with Crippen molar-refractivity contribution < 1.29 is 9.13 Å². The first kappa shape index (κ1) is 18.2. The van der Waals surface area contributed by atoms with Gasteiger partial charge in [-0.3, -0.25) is 0 Å². The lowest BCUT2D eigenvalue weighted by Gasteiger charge is -2.23. The van der Waals surface area contributed by atoms with Crippen LogP contribution in [0.5, 0.6) is 5.75 Å². The SMILES string of the molecule is COc1ccc([C@H](CC(C)C)NC(=S)Nc2ccccc2F)cc1. The second kappa shape index (κ2) is 8.64. The third kappa shape index (κ3) is 5.20. The Hall–Kier alpha value is -2.14. The molecule has 128 valence electrons. The van der Waals surface area contributed by atoms with Gasteiger partial charge < -0.3 is 15.4 Å². The van der Waals surface area contributed by atoms with Crippen molar-refractivity contribution >= 4 is 23.0 Å². The summed E-state index contributed by atoms with van der Waals surface area (Å²) in [5.41, 5.74) is 1.48. The average molecular weight is 346 g/mol. The Labute approximate surface area is 148 Å². The van der Waals surface area contributed by atoms with E-state index < -0.39 is 0 Å².